The summed E-state index contributed by atoms with van der Waals surface area (Å²) in [4.78, 5) is 4.49. The second-order valence-corrected chi connectivity index (χ2v) is 8.71. The number of nitrogens with one attached hydrogen (secondary N) is 1. The lowest BCUT2D eigenvalue weighted by Crippen LogP contribution is -2.16. The molecule has 170 valence electrons. The van der Waals surface area contributed by atoms with Gasteiger partial charge in [-0.2, -0.15) is 4.98 Å². The van der Waals surface area contributed by atoms with Gasteiger partial charge in [0.05, 0.1) is 20.3 Å². The first-order chi connectivity index (χ1) is 15.6. The van der Waals surface area contributed by atoms with Crippen LogP contribution < -0.4 is 25.0 Å². The maximum Gasteiger partial charge on any atom is 0.385 e. The second kappa shape index (κ2) is 9.65. The summed E-state index contributed by atoms with van der Waals surface area (Å²) in [5.74, 6) is 2.59. The van der Waals surface area contributed by atoms with Crippen LogP contribution in [-0.2, 0) is 20.2 Å². The summed E-state index contributed by atoms with van der Waals surface area (Å²) in [6.07, 6.45) is 0. The highest BCUT2D eigenvalue weighted by molar-refractivity contribution is 7.62. The van der Waals surface area contributed by atoms with E-state index >= 15 is 0 Å². The SMILES string of the molecule is CCOP(=O)(OCC)c1nc(-c2ccc(OC)cc2)oc1NCc1ccc2c(c1)OCO2. The van der Waals surface area contributed by atoms with E-state index in [9.17, 15) is 4.57 Å². The topological polar surface area (TPSA) is 101 Å². The Labute approximate surface area is 186 Å². The van der Waals surface area contributed by atoms with Gasteiger partial charge in [0, 0.05) is 12.1 Å². The zero-order valence-electron chi connectivity index (χ0n) is 18.1. The van der Waals surface area contributed by atoms with E-state index in [0.29, 0.717) is 29.4 Å². The first-order valence-corrected chi connectivity index (χ1v) is 11.8. The van der Waals surface area contributed by atoms with Crippen LogP contribution in [0.3, 0.4) is 0 Å². The Bertz CT molecular complexity index is 1100. The number of ether oxygens (including phenoxy) is 3. The first kappa shape index (κ1) is 22.2. The van der Waals surface area contributed by atoms with Crippen LogP contribution in [0.4, 0.5) is 5.88 Å². The fourth-order valence-electron chi connectivity index (χ4n) is 3.20. The molecular formula is C22H25N2O7P. The molecule has 4 rings (SSSR count). The van der Waals surface area contributed by atoms with E-state index in [-0.39, 0.29) is 37.2 Å². The Hall–Kier alpha value is -3.00. The van der Waals surface area contributed by atoms with E-state index in [2.05, 4.69) is 10.3 Å². The number of hydrogen-bond donors (Lipinski definition) is 1. The third-order valence-electron chi connectivity index (χ3n) is 4.69. The van der Waals surface area contributed by atoms with E-state index in [1.54, 1.807) is 33.1 Å². The van der Waals surface area contributed by atoms with E-state index < -0.39 is 7.60 Å². The molecule has 0 spiro atoms. The van der Waals surface area contributed by atoms with Crippen molar-refractivity contribution in [2.45, 2.75) is 20.4 Å². The fraction of sp³-hybridized carbons (Fsp3) is 0.318. The molecule has 0 radical (unpaired) electrons. The van der Waals surface area contributed by atoms with Crippen LogP contribution in [-0.4, -0.2) is 32.1 Å². The molecule has 2 aromatic carbocycles. The summed E-state index contributed by atoms with van der Waals surface area (Å²) in [7, 11) is -2.10. The molecule has 0 saturated heterocycles. The van der Waals surface area contributed by atoms with Crippen molar-refractivity contribution >= 4 is 18.9 Å². The summed E-state index contributed by atoms with van der Waals surface area (Å²) < 4.78 is 46.5. The van der Waals surface area contributed by atoms with Gasteiger partial charge in [-0.15, -0.1) is 0 Å². The lowest BCUT2D eigenvalue weighted by atomic mass is 10.2. The molecule has 9 nitrogen and oxygen atoms in total. The lowest BCUT2D eigenvalue weighted by molar-refractivity contribution is 0.174. The zero-order valence-corrected chi connectivity index (χ0v) is 19.0. The molecule has 0 bridgehead atoms. The average Bonchev–Trinajstić information content (AvgIpc) is 3.45. The Morgan fingerprint density at radius 1 is 1.03 bits per heavy atom. The van der Waals surface area contributed by atoms with Crippen molar-refractivity contribution in [3.63, 3.8) is 0 Å². The third kappa shape index (κ3) is 4.60. The van der Waals surface area contributed by atoms with Gasteiger partial charge in [-0.1, -0.05) is 6.07 Å². The van der Waals surface area contributed by atoms with Crippen LogP contribution in [0.15, 0.2) is 46.9 Å². The number of methoxy groups -OCH3 is 1. The maximum absolute atomic E-state index is 13.5. The predicted molar refractivity (Wildman–Crippen MR) is 119 cm³/mol. The normalized spacial score (nSPS) is 12.7. The molecule has 0 saturated carbocycles. The van der Waals surface area contributed by atoms with Crippen LogP contribution >= 0.6 is 7.60 Å². The molecule has 0 fully saturated rings. The molecule has 2 heterocycles. The lowest BCUT2D eigenvalue weighted by Gasteiger charge is -2.15. The Morgan fingerprint density at radius 2 is 1.75 bits per heavy atom. The smallest absolute Gasteiger partial charge is 0.385 e. The second-order valence-electron chi connectivity index (χ2n) is 6.77. The zero-order chi connectivity index (χ0) is 22.6. The largest absolute Gasteiger partial charge is 0.497 e. The molecule has 3 aromatic rings. The minimum absolute atomic E-state index is 0.104. The molecule has 1 aliphatic rings. The molecule has 32 heavy (non-hydrogen) atoms. The highest BCUT2D eigenvalue weighted by atomic mass is 31.2. The molecular weight excluding hydrogens is 435 g/mol. The number of anilines is 1. The molecule has 0 aliphatic carbocycles. The number of fused-ring (bicyclic) bond motifs is 1. The van der Waals surface area contributed by atoms with Gasteiger partial charge < -0.3 is 33.0 Å². The summed E-state index contributed by atoms with van der Waals surface area (Å²) in [6.45, 7) is 4.47. The summed E-state index contributed by atoms with van der Waals surface area (Å²) >= 11 is 0. The van der Waals surface area contributed by atoms with Crippen LogP contribution in [0.5, 0.6) is 17.2 Å². The monoisotopic (exact) mass is 460 g/mol. The average molecular weight is 460 g/mol. The molecule has 1 aliphatic heterocycles. The summed E-state index contributed by atoms with van der Waals surface area (Å²) in [5.41, 5.74) is 1.72. The maximum atomic E-state index is 13.5. The van der Waals surface area contributed by atoms with Gasteiger partial charge in [-0.25, -0.2) is 0 Å². The quantitative estimate of drug-likeness (QED) is 0.436. The minimum Gasteiger partial charge on any atom is -0.497 e. The van der Waals surface area contributed by atoms with Crippen LogP contribution in [0.25, 0.3) is 11.5 Å². The van der Waals surface area contributed by atoms with Gasteiger partial charge in [-0.3, -0.25) is 4.57 Å². The van der Waals surface area contributed by atoms with Crippen molar-refractivity contribution in [3.8, 4) is 28.7 Å². The molecule has 0 amide bonds. The van der Waals surface area contributed by atoms with Crippen molar-refractivity contribution in [3.05, 3.63) is 48.0 Å². The molecule has 10 heteroatoms. The van der Waals surface area contributed by atoms with Gasteiger partial charge in [0.2, 0.25) is 24.0 Å². The van der Waals surface area contributed by atoms with E-state index in [1.165, 1.54) is 0 Å². The highest BCUT2D eigenvalue weighted by Gasteiger charge is 2.36. The number of nitrogens with zero attached hydrogens (tertiary/aromatic N) is 1. The van der Waals surface area contributed by atoms with Crippen molar-refractivity contribution in [2.75, 3.05) is 32.4 Å². The minimum atomic E-state index is -3.70. The van der Waals surface area contributed by atoms with Crippen LogP contribution in [0.1, 0.15) is 19.4 Å². The van der Waals surface area contributed by atoms with E-state index in [4.69, 9.17) is 27.7 Å². The number of benzene rings is 2. The Kier molecular flexibility index (Phi) is 6.69. The Balaban J connectivity index is 1.66. The third-order valence-corrected chi connectivity index (χ3v) is 6.71. The van der Waals surface area contributed by atoms with Crippen LogP contribution in [0, 0.1) is 0 Å². The van der Waals surface area contributed by atoms with Gasteiger partial charge in [0.1, 0.15) is 5.75 Å². The first-order valence-electron chi connectivity index (χ1n) is 10.2. The van der Waals surface area contributed by atoms with Gasteiger partial charge in [-0.05, 0) is 55.8 Å². The molecule has 0 unspecified atom stereocenters. The van der Waals surface area contributed by atoms with E-state index in [1.807, 2.05) is 30.3 Å². The van der Waals surface area contributed by atoms with Crippen molar-refractivity contribution in [2.24, 2.45) is 0 Å². The number of oxazole rings is 1. The molecule has 1 N–H and O–H groups in total. The van der Waals surface area contributed by atoms with E-state index in [0.717, 1.165) is 5.56 Å². The van der Waals surface area contributed by atoms with Crippen molar-refractivity contribution in [1.29, 1.82) is 0 Å². The number of hydrogen-bond acceptors (Lipinski definition) is 9. The summed E-state index contributed by atoms with van der Waals surface area (Å²) in [5, 5.41) is 3.17. The van der Waals surface area contributed by atoms with Crippen molar-refractivity contribution in [1.82, 2.24) is 4.98 Å². The van der Waals surface area contributed by atoms with Crippen molar-refractivity contribution < 1.29 is 32.2 Å². The number of rotatable bonds is 10. The summed E-state index contributed by atoms with van der Waals surface area (Å²) in [6, 6.07) is 12.8. The van der Waals surface area contributed by atoms with Gasteiger partial charge in [0.15, 0.2) is 11.5 Å². The standard InChI is InChI=1S/C22H25N2O7P/c1-4-29-32(25,30-5-2)22-21(23-13-15-6-11-18-19(12-15)28-14-27-18)31-20(24-22)16-7-9-17(26-3)10-8-16/h6-12,23H,4-5,13-14H2,1-3H3. The molecule has 0 atom stereocenters. The number of aromatic nitrogens is 1. The highest BCUT2D eigenvalue weighted by Crippen LogP contribution is 2.49. The van der Waals surface area contributed by atoms with Gasteiger partial charge >= 0.3 is 7.60 Å². The van der Waals surface area contributed by atoms with Crippen LogP contribution in [0.2, 0.25) is 0 Å². The molecule has 1 aromatic heterocycles. The van der Waals surface area contributed by atoms with Gasteiger partial charge in [0.25, 0.3) is 0 Å². The predicted octanol–water partition coefficient (Wildman–Crippen LogP) is 4.58. The Morgan fingerprint density at radius 3 is 2.44 bits per heavy atom. The fourth-order valence-corrected chi connectivity index (χ4v) is 4.79.